The van der Waals surface area contributed by atoms with Crippen molar-refractivity contribution in [3.05, 3.63) is 77.4 Å². The minimum absolute atomic E-state index is 0.0869. The van der Waals surface area contributed by atoms with Crippen LogP contribution in [0.2, 0.25) is 0 Å². The summed E-state index contributed by atoms with van der Waals surface area (Å²) in [6.45, 7) is 7.07. The summed E-state index contributed by atoms with van der Waals surface area (Å²) in [5.41, 5.74) is 9.84. The summed E-state index contributed by atoms with van der Waals surface area (Å²) in [4.78, 5) is 12.6. The van der Waals surface area contributed by atoms with Gasteiger partial charge in [-0.2, -0.15) is 0 Å². The number of fused-ring (bicyclic) bond motifs is 1. The number of nitrogen functional groups attached to an aromatic ring is 1. The molecule has 3 heteroatoms. The highest BCUT2D eigenvalue weighted by molar-refractivity contribution is 6.09. The first kappa shape index (κ1) is 17.0. The Labute approximate surface area is 148 Å². The Hall–Kier alpha value is -2.81. The SMILES string of the molecule is CC(C)(C)c1ccc(CNC(=O)c2cccc3c(N)cccc23)cc1. The molecule has 0 spiro atoms. The van der Waals surface area contributed by atoms with Crippen molar-refractivity contribution in [2.45, 2.75) is 32.7 Å². The number of anilines is 1. The molecule has 3 aromatic rings. The van der Waals surface area contributed by atoms with Crippen LogP contribution in [0.3, 0.4) is 0 Å². The third-order valence-electron chi connectivity index (χ3n) is 4.47. The summed E-state index contributed by atoms with van der Waals surface area (Å²) < 4.78 is 0. The van der Waals surface area contributed by atoms with Crippen molar-refractivity contribution in [2.75, 3.05) is 5.73 Å². The summed E-state index contributed by atoms with van der Waals surface area (Å²) in [5, 5.41) is 4.79. The van der Waals surface area contributed by atoms with Crippen LogP contribution in [0.4, 0.5) is 5.69 Å². The molecule has 128 valence electrons. The molecule has 0 aromatic heterocycles. The van der Waals surface area contributed by atoms with Crippen molar-refractivity contribution in [2.24, 2.45) is 0 Å². The fourth-order valence-corrected chi connectivity index (χ4v) is 2.93. The molecule has 0 radical (unpaired) electrons. The Morgan fingerprint density at radius 1 is 0.920 bits per heavy atom. The van der Waals surface area contributed by atoms with E-state index in [1.807, 2.05) is 36.4 Å². The first-order valence-corrected chi connectivity index (χ1v) is 8.51. The number of carbonyl (C=O) groups excluding carboxylic acids is 1. The quantitative estimate of drug-likeness (QED) is 0.686. The smallest absolute Gasteiger partial charge is 0.252 e. The minimum atomic E-state index is -0.0869. The molecule has 3 N–H and O–H groups in total. The molecule has 0 saturated carbocycles. The molecule has 0 saturated heterocycles. The van der Waals surface area contributed by atoms with Crippen LogP contribution in [-0.4, -0.2) is 5.91 Å². The number of nitrogens with one attached hydrogen (secondary N) is 1. The Morgan fingerprint density at radius 3 is 2.24 bits per heavy atom. The van der Waals surface area contributed by atoms with Crippen molar-refractivity contribution in [3.8, 4) is 0 Å². The monoisotopic (exact) mass is 332 g/mol. The fourth-order valence-electron chi connectivity index (χ4n) is 2.93. The van der Waals surface area contributed by atoms with E-state index >= 15 is 0 Å². The lowest BCUT2D eigenvalue weighted by Gasteiger charge is -2.19. The summed E-state index contributed by atoms with van der Waals surface area (Å²) in [6, 6.07) is 19.7. The van der Waals surface area contributed by atoms with Crippen LogP contribution < -0.4 is 11.1 Å². The number of nitrogens with two attached hydrogens (primary N) is 1. The second kappa shape index (κ2) is 6.60. The van der Waals surface area contributed by atoms with E-state index in [1.54, 1.807) is 0 Å². The van der Waals surface area contributed by atoms with Gasteiger partial charge >= 0.3 is 0 Å². The molecule has 0 aliphatic rings. The first-order chi connectivity index (χ1) is 11.9. The lowest BCUT2D eigenvalue weighted by molar-refractivity contribution is 0.0952. The van der Waals surface area contributed by atoms with Crippen LogP contribution in [0.25, 0.3) is 10.8 Å². The molecule has 3 aromatic carbocycles. The number of hydrogen-bond acceptors (Lipinski definition) is 2. The van der Waals surface area contributed by atoms with E-state index in [9.17, 15) is 4.79 Å². The van der Waals surface area contributed by atoms with Gasteiger partial charge in [0, 0.05) is 23.2 Å². The minimum Gasteiger partial charge on any atom is -0.398 e. The van der Waals surface area contributed by atoms with E-state index in [2.05, 4.69) is 50.4 Å². The van der Waals surface area contributed by atoms with Gasteiger partial charge in [-0.05, 0) is 34.1 Å². The lowest BCUT2D eigenvalue weighted by atomic mass is 9.87. The predicted octanol–water partition coefficient (Wildman–Crippen LogP) is 4.65. The maximum atomic E-state index is 12.6. The first-order valence-electron chi connectivity index (χ1n) is 8.51. The molecule has 3 rings (SSSR count). The van der Waals surface area contributed by atoms with E-state index in [-0.39, 0.29) is 11.3 Å². The van der Waals surface area contributed by atoms with E-state index in [1.165, 1.54) is 5.56 Å². The van der Waals surface area contributed by atoms with Gasteiger partial charge < -0.3 is 11.1 Å². The van der Waals surface area contributed by atoms with Crippen LogP contribution in [0.5, 0.6) is 0 Å². The van der Waals surface area contributed by atoms with Crippen molar-refractivity contribution in [3.63, 3.8) is 0 Å². The second-order valence-electron chi connectivity index (χ2n) is 7.38. The van der Waals surface area contributed by atoms with Crippen LogP contribution in [0, 0.1) is 0 Å². The lowest BCUT2D eigenvalue weighted by Crippen LogP contribution is -2.23. The van der Waals surface area contributed by atoms with E-state index in [4.69, 9.17) is 5.73 Å². The average molecular weight is 332 g/mol. The molecule has 0 unspecified atom stereocenters. The molecule has 0 fully saturated rings. The van der Waals surface area contributed by atoms with Gasteiger partial charge in [0.1, 0.15) is 0 Å². The van der Waals surface area contributed by atoms with Crippen LogP contribution in [-0.2, 0) is 12.0 Å². The summed E-state index contributed by atoms with van der Waals surface area (Å²) in [7, 11) is 0. The summed E-state index contributed by atoms with van der Waals surface area (Å²) in [5.74, 6) is -0.0869. The number of rotatable bonds is 3. The van der Waals surface area contributed by atoms with Crippen molar-refractivity contribution in [1.82, 2.24) is 5.32 Å². The average Bonchev–Trinajstić information content (AvgIpc) is 2.59. The molecule has 0 bridgehead atoms. The third-order valence-corrected chi connectivity index (χ3v) is 4.47. The molecule has 0 aliphatic heterocycles. The zero-order chi connectivity index (χ0) is 18.0. The Kier molecular flexibility index (Phi) is 4.49. The van der Waals surface area contributed by atoms with E-state index < -0.39 is 0 Å². The highest BCUT2D eigenvalue weighted by Crippen LogP contribution is 2.24. The zero-order valence-corrected chi connectivity index (χ0v) is 15.0. The highest BCUT2D eigenvalue weighted by atomic mass is 16.1. The van der Waals surface area contributed by atoms with Gasteiger partial charge in [-0.15, -0.1) is 0 Å². The van der Waals surface area contributed by atoms with E-state index in [0.717, 1.165) is 16.3 Å². The maximum Gasteiger partial charge on any atom is 0.252 e. The van der Waals surface area contributed by atoms with Crippen molar-refractivity contribution >= 4 is 22.4 Å². The highest BCUT2D eigenvalue weighted by Gasteiger charge is 2.13. The molecule has 3 nitrogen and oxygen atoms in total. The Bertz CT molecular complexity index is 905. The Balaban J connectivity index is 1.76. The molecule has 0 heterocycles. The largest absolute Gasteiger partial charge is 0.398 e. The molecule has 0 aliphatic carbocycles. The molecular formula is C22H24N2O. The fraction of sp³-hybridized carbons (Fsp3) is 0.227. The normalized spacial score (nSPS) is 11.5. The van der Waals surface area contributed by atoms with Gasteiger partial charge in [0.25, 0.3) is 5.91 Å². The number of hydrogen-bond donors (Lipinski definition) is 2. The van der Waals surface area contributed by atoms with E-state index in [0.29, 0.717) is 17.8 Å². The van der Waals surface area contributed by atoms with Crippen LogP contribution in [0.15, 0.2) is 60.7 Å². The topological polar surface area (TPSA) is 55.1 Å². The molecule has 0 atom stereocenters. The predicted molar refractivity (Wildman–Crippen MR) is 105 cm³/mol. The van der Waals surface area contributed by atoms with Gasteiger partial charge in [0.05, 0.1) is 0 Å². The van der Waals surface area contributed by atoms with Gasteiger partial charge in [-0.1, -0.05) is 69.3 Å². The van der Waals surface area contributed by atoms with Crippen molar-refractivity contribution < 1.29 is 4.79 Å². The summed E-state index contributed by atoms with van der Waals surface area (Å²) in [6.07, 6.45) is 0. The zero-order valence-electron chi connectivity index (χ0n) is 15.0. The standard InChI is InChI=1S/C22H24N2O/c1-22(2,3)16-12-10-15(11-13-16)14-24-21(25)19-8-4-7-18-17(19)6-5-9-20(18)23/h4-13H,14,23H2,1-3H3,(H,24,25). The molecular weight excluding hydrogens is 308 g/mol. The molecule has 25 heavy (non-hydrogen) atoms. The summed E-state index contributed by atoms with van der Waals surface area (Å²) >= 11 is 0. The second-order valence-corrected chi connectivity index (χ2v) is 7.38. The number of carbonyl (C=O) groups is 1. The van der Waals surface area contributed by atoms with Gasteiger partial charge in [-0.3, -0.25) is 4.79 Å². The van der Waals surface area contributed by atoms with Gasteiger partial charge in [0.2, 0.25) is 0 Å². The maximum absolute atomic E-state index is 12.6. The Morgan fingerprint density at radius 2 is 1.56 bits per heavy atom. The van der Waals surface area contributed by atoms with Crippen molar-refractivity contribution in [1.29, 1.82) is 0 Å². The molecule has 1 amide bonds. The van der Waals surface area contributed by atoms with Crippen LogP contribution >= 0.6 is 0 Å². The number of amides is 1. The van der Waals surface area contributed by atoms with Gasteiger partial charge in [0.15, 0.2) is 0 Å². The third kappa shape index (κ3) is 3.66. The van der Waals surface area contributed by atoms with Gasteiger partial charge in [-0.25, -0.2) is 0 Å². The van der Waals surface area contributed by atoms with Crippen LogP contribution in [0.1, 0.15) is 42.3 Å². The number of benzene rings is 3.